The number of nitrogens with one attached hydrogen (secondary N) is 3. The van der Waals surface area contributed by atoms with Crippen LogP contribution in [-0.2, 0) is 4.74 Å². The topological polar surface area (TPSA) is 114 Å². The molecule has 11 heteroatoms. The molecule has 0 aliphatic rings. The van der Waals surface area contributed by atoms with E-state index >= 15 is 0 Å². The Morgan fingerprint density at radius 2 is 2.14 bits per heavy atom. The third-order valence-electron chi connectivity index (χ3n) is 3.91. The first-order valence-corrected chi connectivity index (χ1v) is 8.71. The van der Waals surface area contributed by atoms with Crippen LogP contribution in [0, 0.1) is 6.92 Å². The molecule has 2 amide bonds. The van der Waals surface area contributed by atoms with Crippen LogP contribution in [-0.4, -0.2) is 52.9 Å². The van der Waals surface area contributed by atoms with Gasteiger partial charge in [-0.1, -0.05) is 6.07 Å². The number of carbonyl (C=O) groups is 1. The fourth-order valence-corrected chi connectivity index (χ4v) is 2.65. The summed E-state index contributed by atoms with van der Waals surface area (Å²) in [6.45, 7) is 1.33. The molecule has 0 aliphatic heterocycles. The molecule has 9 nitrogen and oxygen atoms in total. The molecule has 1 atom stereocenters. The molecule has 0 saturated heterocycles. The molecule has 3 aromatic heterocycles. The molecule has 0 saturated carbocycles. The lowest BCUT2D eigenvalue weighted by molar-refractivity contribution is 0.0803. The highest BCUT2D eigenvalue weighted by Gasteiger charge is 2.17. The molecule has 0 radical (unpaired) electrons. The second-order valence-electron chi connectivity index (χ2n) is 6.16. The number of urea groups is 1. The SMILES string of the molecule is COC[C@@H](NC(=O)Nc1cc2[nH]nc(OCC(F)F)c2cn1)c1cccc(C)n1. The van der Waals surface area contributed by atoms with Crippen LogP contribution in [0.25, 0.3) is 10.9 Å². The van der Waals surface area contributed by atoms with E-state index in [4.69, 9.17) is 9.47 Å². The number of anilines is 1. The van der Waals surface area contributed by atoms with E-state index in [1.807, 2.05) is 19.1 Å². The number of nitrogens with zero attached hydrogens (tertiary/aromatic N) is 3. The summed E-state index contributed by atoms with van der Waals surface area (Å²) in [6, 6.07) is 6.07. The predicted molar refractivity (Wildman–Crippen MR) is 101 cm³/mol. The number of alkyl halides is 2. The largest absolute Gasteiger partial charge is 0.470 e. The lowest BCUT2D eigenvalue weighted by Crippen LogP contribution is -2.35. The summed E-state index contributed by atoms with van der Waals surface area (Å²) in [4.78, 5) is 20.9. The van der Waals surface area contributed by atoms with E-state index in [1.54, 1.807) is 6.07 Å². The monoisotopic (exact) mass is 406 g/mol. The van der Waals surface area contributed by atoms with Crippen molar-refractivity contribution >= 4 is 22.8 Å². The number of pyridine rings is 2. The van der Waals surface area contributed by atoms with Gasteiger partial charge in [0.05, 0.1) is 29.2 Å². The first-order valence-electron chi connectivity index (χ1n) is 8.71. The minimum Gasteiger partial charge on any atom is -0.470 e. The lowest BCUT2D eigenvalue weighted by atomic mass is 10.2. The molecule has 154 valence electrons. The molecule has 0 bridgehead atoms. The van der Waals surface area contributed by atoms with E-state index in [0.717, 1.165) is 5.69 Å². The van der Waals surface area contributed by atoms with Crippen LogP contribution in [0.1, 0.15) is 17.4 Å². The Kier molecular flexibility index (Phi) is 6.50. The van der Waals surface area contributed by atoms with Crippen LogP contribution in [0.15, 0.2) is 30.5 Å². The van der Waals surface area contributed by atoms with Crippen molar-refractivity contribution < 1.29 is 23.0 Å². The van der Waals surface area contributed by atoms with Gasteiger partial charge in [-0.25, -0.2) is 18.6 Å². The van der Waals surface area contributed by atoms with Crippen molar-refractivity contribution in [2.45, 2.75) is 19.4 Å². The van der Waals surface area contributed by atoms with Gasteiger partial charge < -0.3 is 14.8 Å². The van der Waals surface area contributed by atoms with E-state index in [-0.39, 0.29) is 18.3 Å². The summed E-state index contributed by atoms with van der Waals surface area (Å²) in [5.74, 6) is 0.266. The van der Waals surface area contributed by atoms with Gasteiger partial charge in [-0.15, -0.1) is 5.10 Å². The van der Waals surface area contributed by atoms with Gasteiger partial charge in [0.15, 0.2) is 6.61 Å². The van der Waals surface area contributed by atoms with Crippen molar-refractivity contribution in [3.63, 3.8) is 0 Å². The average molecular weight is 406 g/mol. The zero-order valence-electron chi connectivity index (χ0n) is 15.8. The van der Waals surface area contributed by atoms with Crippen molar-refractivity contribution in [2.24, 2.45) is 0 Å². The third kappa shape index (κ3) is 5.35. The number of H-pyrrole nitrogens is 1. The van der Waals surface area contributed by atoms with Gasteiger partial charge in [0.1, 0.15) is 5.82 Å². The number of fused-ring (bicyclic) bond motifs is 1. The number of hydrogen-bond donors (Lipinski definition) is 3. The number of carbonyl (C=O) groups excluding carboxylic acids is 1. The minimum atomic E-state index is -2.61. The standard InChI is InChI=1S/C18H20F2N6O3/c1-10-4-3-5-12(22-10)14(8-28-2)23-18(27)24-16-6-13-11(7-21-16)17(26-25-13)29-9-15(19)20/h3-7,14-15H,8-9H2,1-2H3,(H,25,26)(H2,21,23,24,27)/t14-/m1/s1. The number of amides is 2. The number of halogens is 2. The molecule has 3 N–H and O–H groups in total. The van der Waals surface area contributed by atoms with Crippen LogP contribution in [0.2, 0.25) is 0 Å². The zero-order valence-corrected chi connectivity index (χ0v) is 15.8. The summed E-state index contributed by atoms with van der Waals surface area (Å²) in [6.07, 6.45) is -1.23. The molecule has 0 aliphatic carbocycles. The summed E-state index contributed by atoms with van der Waals surface area (Å²) in [5, 5.41) is 12.3. The number of rotatable bonds is 8. The van der Waals surface area contributed by atoms with Crippen molar-refractivity contribution in [3.8, 4) is 5.88 Å². The van der Waals surface area contributed by atoms with Crippen molar-refractivity contribution in [1.29, 1.82) is 0 Å². The van der Waals surface area contributed by atoms with Gasteiger partial charge in [-0.05, 0) is 19.1 Å². The number of aromatic amines is 1. The molecule has 29 heavy (non-hydrogen) atoms. The first kappa shape index (κ1) is 20.4. The van der Waals surface area contributed by atoms with E-state index in [9.17, 15) is 13.6 Å². The van der Waals surface area contributed by atoms with E-state index in [1.165, 1.54) is 19.4 Å². The molecular weight excluding hydrogens is 386 g/mol. The summed E-state index contributed by atoms with van der Waals surface area (Å²) >= 11 is 0. The Hall–Kier alpha value is -3.34. The summed E-state index contributed by atoms with van der Waals surface area (Å²) in [5.41, 5.74) is 1.97. The summed E-state index contributed by atoms with van der Waals surface area (Å²) in [7, 11) is 1.53. The molecule has 3 rings (SSSR count). The quantitative estimate of drug-likeness (QED) is 0.530. The highest BCUT2D eigenvalue weighted by atomic mass is 19.3. The maximum Gasteiger partial charge on any atom is 0.321 e. The molecule has 0 spiro atoms. The predicted octanol–water partition coefficient (Wildman–Crippen LogP) is 2.81. The molecule has 0 aromatic carbocycles. The third-order valence-corrected chi connectivity index (χ3v) is 3.91. The van der Waals surface area contributed by atoms with E-state index in [2.05, 4.69) is 30.8 Å². The Bertz CT molecular complexity index is 981. The molecule has 0 fully saturated rings. The maximum absolute atomic E-state index is 12.4. The zero-order chi connectivity index (χ0) is 20.8. The second-order valence-corrected chi connectivity index (χ2v) is 6.16. The Morgan fingerprint density at radius 1 is 1.31 bits per heavy atom. The van der Waals surface area contributed by atoms with Gasteiger partial charge in [0.2, 0.25) is 5.88 Å². The van der Waals surface area contributed by atoms with Crippen LogP contribution < -0.4 is 15.4 Å². The van der Waals surface area contributed by atoms with Crippen LogP contribution in [0.5, 0.6) is 5.88 Å². The number of aromatic nitrogens is 4. The van der Waals surface area contributed by atoms with Gasteiger partial charge in [0, 0.05) is 25.1 Å². The van der Waals surface area contributed by atoms with Crippen LogP contribution >= 0.6 is 0 Å². The van der Waals surface area contributed by atoms with Crippen molar-refractivity contribution in [1.82, 2.24) is 25.5 Å². The molecule has 3 aromatic rings. The highest BCUT2D eigenvalue weighted by molar-refractivity contribution is 5.92. The van der Waals surface area contributed by atoms with Gasteiger partial charge in [-0.2, -0.15) is 0 Å². The lowest BCUT2D eigenvalue weighted by Gasteiger charge is -2.18. The summed E-state index contributed by atoms with van der Waals surface area (Å²) < 4.78 is 34.7. The smallest absolute Gasteiger partial charge is 0.321 e. The molecular formula is C18H20F2N6O3. The van der Waals surface area contributed by atoms with Gasteiger partial charge in [-0.3, -0.25) is 15.4 Å². The number of methoxy groups -OCH3 is 1. The van der Waals surface area contributed by atoms with E-state index < -0.39 is 25.1 Å². The Morgan fingerprint density at radius 3 is 2.86 bits per heavy atom. The Labute approximate surface area is 164 Å². The molecule has 3 heterocycles. The minimum absolute atomic E-state index is 0.0227. The maximum atomic E-state index is 12.4. The van der Waals surface area contributed by atoms with Crippen LogP contribution in [0.3, 0.4) is 0 Å². The average Bonchev–Trinajstić information content (AvgIpc) is 3.08. The Balaban J connectivity index is 1.68. The van der Waals surface area contributed by atoms with Gasteiger partial charge in [0.25, 0.3) is 6.43 Å². The number of ether oxygens (including phenoxy) is 2. The first-order chi connectivity index (χ1) is 14.0. The highest BCUT2D eigenvalue weighted by Crippen LogP contribution is 2.24. The number of hydrogen-bond acceptors (Lipinski definition) is 6. The van der Waals surface area contributed by atoms with Crippen LogP contribution in [0.4, 0.5) is 19.4 Å². The number of aryl methyl sites for hydroxylation is 1. The fraction of sp³-hybridized carbons (Fsp3) is 0.333. The van der Waals surface area contributed by atoms with Crippen molar-refractivity contribution in [3.05, 3.63) is 41.9 Å². The molecule has 0 unspecified atom stereocenters. The normalized spacial score (nSPS) is 12.2. The fourth-order valence-electron chi connectivity index (χ4n) is 2.65. The van der Waals surface area contributed by atoms with Crippen molar-refractivity contribution in [2.75, 3.05) is 25.6 Å². The second kappa shape index (κ2) is 9.24. The van der Waals surface area contributed by atoms with E-state index in [0.29, 0.717) is 16.6 Å². The van der Waals surface area contributed by atoms with Gasteiger partial charge >= 0.3 is 6.03 Å².